The van der Waals surface area contributed by atoms with Gasteiger partial charge in [-0.15, -0.1) is 5.10 Å². The van der Waals surface area contributed by atoms with Gasteiger partial charge in [0.05, 0.1) is 16.6 Å². The van der Waals surface area contributed by atoms with Gasteiger partial charge in [-0.1, -0.05) is 52.4 Å². The van der Waals surface area contributed by atoms with Crippen molar-refractivity contribution < 1.29 is 38.6 Å². The molecule has 13 heteroatoms. The van der Waals surface area contributed by atoms with Crippen LogP contribution in [0.4, 0.5) is 15.9 Å². The van der Waals surface area contributed by atoms with Crippen LogP contribution >= 0.6 is 0 Å². The Balaban J connectivity index is 0.000000579. The van der Waals surface area contributed by atoms with Gasteiger partial charge in [-0.25, -0.2) is 14.0 Å². The number of carboxylic acid groups (broad SMARTS) is 2. The average Bonchev–Trinajstić information content (AvgIpc) is 3.59. The van der Waals surface area contributed by atoms with Crippen LogP contribution in [0.15, 0.2) is 42.5 Å². The maximum atomic E-state index is 14.2. The van der Waals surface area contributed by atoms with Gasteiger partial charge in [-0.05, 0) is 42.7 Å². The lowest BCUT2D eigenvalue weighted by atomic mass is 9.97. The Morgan fingerprint density at radius 3 is 2.10 bits per heavy atom. The lowest BCUT2D eigenvalue weighted by Gasteiger charge is -2.37. The first-order valence-electron chi connectivity index (χ1n) is 16.4. The van der Waals surface area contributed by atoms with Crippen molar-refractivity contribution in [2.75, 3.05) is 36.0 Å². The highest BCUT2D eigenvalue weighted by molar-refractivity contribution is 6.22. The highest BCUT2D eigenvalue weighted by atomic mass is 19.1. The first-order valence-corrected chi connectivity index (χ1v) is 16.4. The summed E-state index contributed by atoms with van der Waals surface area (Å²) < 4.78 is 15.6. The zero-order valence-corrected chi connectivity index (χ0v) is 27.3. The van der Waals surface area contributed by atoms with Crippen LogP contribution in [-0.2, 0) is 16.0 Å². The van der Waals surface area contributed by atoms with Crippen molar-refractivity contribution in [2.24, 2.45) is 0 Å². The smallest absolute Gasteiger partial charge is 0.328 e. The molecule has 0 aliphatic carbocycles. The van der Waals surface area contributed by atoms with Crippen molar-refractivity contribution in [3.8, 4) is 0 Å². The van der Waals surface area contributed by atoms with Crippen LogP contribution in [0.25, 0.3) is 10.9 Å². The molecule has 2 aliphatic heterocycles. The van der Waals surface area contributed by atoms with E-state index >= 15 is 0 Å². The first-order chi connectivity index (χ1) is 23.0. The number of piperazine rings is 1. The molecular formula is C35H42FN5O7. The van der Waals surface area contributed by atoms with Crippen LogP contribution in [0.5, 0.6) is 0 Å². The molecule has 3 N–H and O–H groups in total. The fraction of sp³-hybridized carbons (Fsp3) is 0.429. The van der Waals surface area contributed by atoms with Gasteiger partial charge < -0.3 is 20.0 Å². The van der Waals surface area contributed by atoms with Crippen LogP contribution < -0.4 is 15.1 Å². The van der Waals surface area contributed by atoms with E-state index in [1.54, 1.807) is 12.1 Å². The summed E-state index contributed by atoms with van der Waals surface area (Å²) in [5.41, 5.74) is 3.28. The molecule has 0 atom stereocenters. The molecule has 48 heavy (non-hydrogen) atoms. The maximum Gasteiger partial charge on any atom is 0.328 e. The molecule has 2 aliphatic rings. The van der Waals surface area contributed by atoms with E-state index in [0.29, 0.717) is 73.6 Å². The number of hydrogen-bond donors (Lipinski definition) is 3. The van der Waals surface area contributed by atoms with Gasteiger partial charge in [0.25, 0.3) is 11.8 Å². The molecule has 0 spiro atoms. The average molecular weight is 664 g/mol. The molecule has 0 radical (unpaired) electrons. The van der Waals surface area contributed by atoms with Crippen LogP contribution in [0.2, 0.25) is 0 Å². The van der Waals surface area contributed by atoms with E-state index in [1.807, 2.05) is 13.0 Å². The predicted octanol–water partition coefficient (Wildman–Crippen LogP) is 5.44. The zero-order chi connectivity index (χ0) is 34.8. The number of nitrogens with one attached hydrogen (secondary N) is 1. The van der Waals surface area contributed by atoms with Crippen molar-refractivity contribution in [1.29, 1.82) is 0 Å². The van der Waals surface area contributed by atoms with Crippen molar-refractivity contribution in [1.82, 2.24) is 15.1 Å². The molecule has 1 aromatic heterocycles. The summed E-state index contributed by atoms with van der Waals surface area (Å²) in [4.78, 5) is 61.2. The molecule has 256 valence electrons. The van der Waals surface area contributed by atoms with E-state index in [1.165, 1.54) is 42.5 Å². The van der Waals surface area contributed by atoms with Crippen molar-refractivity contribution in [3.05, 3.63) is 65.0 Å². The summed E-state index contributed by atoms with van der Waals surface area (Å²) in [6, 6.07) is 8.19. The zero-order valence-electron chi connectivity index (χ0n) is 27.3. The van der Waals surface area contributed by atoms with Gasteiger partial charge in [0.1, 0.15) is 5.82 Å². The number of hydrogen-bond acceptors (Lipinski definition) is 8. The Bertz CT molecular complexity index is 1690. The van der Waals surface area contributed by atoms with Crippen molar-refractivity contribution in [2.45, 2.75) is 71.6 Å². The quantitative estimate of drug-likeness (QED) is 0.122. The number of halogens is 1. The SMILES string of the molecule is CCCCCCCCCC(=O)n1nc(N2CCN(c3ccc4c(c3CC)C(=O)NC4=O)CC2)c2ccc(F)cc21.O=C(O)C=CC(=O)O. The minimum Gasteiger partial charge on any atom is -0.478 e. The molecule has 2 aromatic carbocycles. The number of anilines is 2. The first kappa shape index (κ1) is 35.8. The third-order valence-corrected chi connectivity index (χ3v) is 8.48. The van der Waals surface area contributed by atoms with E-state index in [2.05, 4.69) is 22.0 Å². The van der Waals surface area contributed by atoms with E-state index in [0.717, 1.165) is 35.9 Å². The van der Waals surface area contributed by atoms with Gasteiger partial charge in [0.15, 0.2) is 5.82 Å². The number of aromatic nitrogens is 2. The second kappa shape index (κ2) is 16.7. The van der Waals surface area contributed by atoms with Crippen LogP contribution in [-0.4, -0.2) is 75.8 Å². The van der Waals surface area contributed by atoms with Gasteiger partial charge >= 0.3 is 11.9 Å². The normalized spacial score (nSPS) is 14.2. The molecule has 1 fully saturated rings. The summed E-state index contributed by atoms with van der Waals surface area (Å²) in [5.74, 6) is -2.99. The molecule has 1 saturated heterocycles. The number of unbranched alkanes of at least 4 members (excludes halogenated alkanes) is 6. The fourth-order valence-electron chi connectivity index (χ4n) is 6.11. The molecule has 12 nitrogen and oxygen atoms in total. The number of carboxylic acids is 2. The minimum atomic E-state index is -1.26. The van der Waals surface area contributed by atoms with Crippen LogP contribution in [0, 0.1) is 5.82 Å². The second-order valence-electron chi connectivity index (χ2n) is 11.8. The van der Waals surface area contributed by atoms with Crippen LogP contribution in [0.3, 0.4) is 0 Å². The highest BCUT2D eigenvalue weighted by Crippen LogP contribution is 2.33. The van der Waals surface area contributed by atoms with E-state index < -0.39 is 11.9 Å². The van der Waals surface area contributed by atoms with E-state index in [-0.39, 0.29) is 23.5 Å². The molecule has 0 bridgehead atoms. The second-order valence-corrected chi connectivity index (χ2v) is 11.8. The van der Waals surface area contributed by atoms with Crippen LogP contribution in [0.1, 0.15) is 96.3 Å². The molecule has 0 unspecified atom stereocenters. The summed E-state index contributed by atoms with van der Waals surface area (Å²) in [5, 5.41) is 23.5. The summed E-state index contributed by atoms with van der Waals surface area (Å²) in [7, 11) is 0. The number of benzene rings is 2. The van der Waals surface area contributed by atoms with Crippen molar-refractivity contribution in [3.63, 3.8) is 0 Å². The number of aliphatic carboxylic acids is 2. The summed E-state index contributed by atoms with van der Waals surface area (Å²) >= 11 is 0. The largest absolute Gasteiger partial charge is 0.478 e. The van der Waals surface area contributed by atoms with Gasteiger partial charge in [-0.3, -0.25) is 19.7 Å². The molecule has 3 heterocycles. The number of carbonyl (C=O) groups is 5. The number of rotatable bonds is 13. The number of carbonyl (C=O) groups excluding carboxylic acids is 3. The lowest BCUT2D eigenvalue weighted by Crippen LogP contribution is -2.47. The summed E-state index contributed by atoms with van der Waals surface area (Å²) in [6.07, 6.45) is 10.0. The third kappa shape index (κ3) is 8.64. The molecule has 0 saturated carbocycles. The Kier molecular flexibility index (Phi) is 12.4. The number of nitrogens with zero attached hydrogens (tertiary/aromatic N) is 4. The Labute approximate surface area is 278 Å². The molecule has 3 aromatic rings. The van der Waals surface area contributed by atoms with Gasteiger partial charge in [-0.2, -0.15) is 4.68 Å². The number of imide groups is 1. The Morgan fingerprint density at radius 1 is 0.854 bits per heavy atom. The molecule has 2 amide bonds. The maximum absolute atomic E-state index is 14.2. The minimum absolute atomic E-state index is 0.104. The van der Waals surface area contributed by atoms with Gasteiger partial charge in [0.2, 0.25) is 5.91 Å². The predicted molar refractivity (Wildman–Crippen MR) is 179 cm³/mol. The monoisotopic (exact) mass is 663 g/mol. The topological polar surface area (TPSA) is 162 Å². The molecular weight excluding hydrogens is 621 g/mol. The Morgan fingerprint density at radius 2 is 1.48 bits per heavy atom. The highest BCUT2D eigenvalue weighted by Gasteiger charge is 2.32. The van der Waals surface area contributed by atoms with E-state index in [4.69, 9.17) is 15.3 Å². The number of amides is 2. The van der Waals surface area contributed by atoms with E-state index in [9.17, 15) is 28.4 Å². The fourth-order valence-corrected chi connectivity index (χ4v) is 6.11. The van der Waals surface area contributed by atoms with Crippen molar-refractivity contribution >= 4 is 52.1 Å². The summed E-state index contributed by atoms with van der Waals surface area (Å²) in [6.45, 7) is 6.87. The standard InChI is InChI=1S/C31H38FN5O3.C4H4O4/c1-3-5-6-7-8-9-10-11-27(38)37-26-20-21(32)12-13-23(26)29(34-37)36-18-16-35(17-19-36)25-15-14-24-28(22(25)4-2)31(40)33-30(24)39;5-3(6)1-2-4(7)8/h12-15,20H,3-11,16-19H2,1-2H3,(H,33,39,40);1-2H,(H,5,6)(H,7,8). The number of fused-ring (bicyclic) bond motifs is 2. The lowest BCUT2D eigenvalue weighted by molar-refractivity contribution is -0.134. The molecule has 5 rings (SSSR count). The Hall–Kier alpha value is -5.07. The third-order valence-electron chi connectivity index (χ3n) is 8.48. The van der Waals surface area contributed by atoms with Gasteiger partial charge in [0, 0.05) is 61.9 Å².